The van der Waals surface area contributed by atoms with E-state index in [1.165, 1.54) is 12.1 Å². The zero-order valence-corrected chi connectivity index (χ0v) is 6.70. The average molecular weight is 169 g/mol. The summed E-state index contributed by atoms with van der Waals surface area (Å²) < 4.78 is 12.5. The highest BCUT2D eigenvalue weighted by molar-refractivity contribution is 5.20. The van der Waals surface area contributed by atoms with E-state index in [9.17, 15) is 4.39 Å². The van der Waals surface area contributed by atoms with Crippen molar-refractivity contribution in [3.05, 3.63) is 35.6 Å². The van der Waals surface area contributed by atoms with Gasteiger partial charge in [0.25, 0.3) is 0 Å². The molecule has 2 nitrogen and oxygen atoms in total. The van der Waals surface area contributed by atoms with E-state index in [4.69, 9.17) is 10.8 Å². The Morgan fingerprint density at radius 1 is 1.33 bits per heavy atom. The summed E-state index contributed by atoms with van der Waals surface area (Å²) >= 11 is 0. The minimum atomic E-state index is -0.271. The highest BCUT2D eigenvalue weighted by Gasteiger charge is 2.06. The second-order valence-corrected chi connectivity index (χ2v) is 2.67. The van der Waals surface area contributed by atoms with Crippen molar-refractivity contribution < 1.29 is 9.50 Å². The van der Waals surface area contributed by atoms with Crippen LogP contribution in [-0.2, 0) is 0 Å². The molecule has 12 heavy (non-hydrogen) atoms. The molecular formula is C9H12FNO. The lowest BCUT2D eigenvalue weighted by Crippen LogP contribution is -2.15. The van der Waals surface area contributed by atoms with Crippen molar-refractivity contribution in [1.29, 1.82) is 0 Å². The maximum absolute atomic E-state index is 12.5. The summed E-state index contributed by atoms with van der Waals surface area (Å²) in [6, 6.07) is 6.02. The second kappa shape index (κ2) is 4.18. The Bertz CT molecular complexity index is 231. The first-order chi connectivity index (χ1) is 5.77. The molecule has 0 aliphatic heterocycles. The van der Waals surface area contributed by atoms with E-state index in [1.807, 2.05) is 0 Å². The normalized spacial score (nSPS) is 12.9. The van der Waals surface area contributed by atoms with Gasteiger partial charge in [0, 0.05) is 12.5 Å². The first-order valence-corrected chi connectivity index (χ1v) is 3.84. The Labute approximate surface area is 70.8 Å². The standard InChI is InChI=1S/C9H12FNO/c10-9-3-1-7(2-4-9)8(5-11)6-12/h1-4,8,12H,5-6,11H2. The number of hydrogen-bond donors (Lipinski definition) is 2. The summed E-state index contributed by atoms with van der Waals surface area (Å²) in [6.07, 6.45) is 0. The molecule has 0 aromatic heterocycles. The lowest BCUT2D eigenvalue weighted by Gasteiger charge is -2.10. The summed E-state index contributed by atoms with van der Waals surface area (Å²) in [5, 5.41) is 8.88. The third kappa shape index (κ3) is 2.03. The van der Waals surface area contributed by atoms with Crippen molar-refractivity contribution in [2.45, 2.75) is 5.92 Å². The van der Waals surface area contributed by atoms with Gasteiger partial charge in [0.15, 0.2) is 0 Å². The van der Waals surface area contributed by atoms with E-state index in [0.29, 0.717) is 6.54 Å². The SMILES string of the molecule is NCC(CO)c1ccc(F)cc1. The van der Waals surface area contributed by atoms with Crippen LogP contribution in [0.2, 0.25) is 0 Å². The van der Waals surface area contributed by atoms with Crippen LogP contribution in [-0.4, -0.2) is 18.3 Å². The fourth-order valence-corrected chi connectivity index (χ4v) is 1.05. The van der Waals surface area contributed by atoms with Gasteiger partial charge in [-0.3, -0.25) is 0 Å². The Morgan fingerprint density at radius 3 is 2.33 bits per heavy atom. The molecule has 66 valence electrons. The predicted molar refractivity (Wildman–Crippen MR) is 45.3 cm³/mol. The number of rotatable bonds is 3. The lowest BCUT2D eigenvalue weighted by atomic mass is 10.0. The Hall–Kier alpha value is -0.930. The van der Waals surface area contributed by atoms with Gasteiger partial charge in [-0.1, -0.05) is 12.1 Å². The molecule has 0 fully saturated rings. The number of benzene rings is 1. The van der Waals surface area contributed by atoms with E-state index in [-0.39, 0.29) is 18.3 Å². The monoisotopic (exact) mass is 169 g/mol. The van der Waals surface area contributed by atoms with Gasteiger partial charge >= 0.3 is 0 Å². The van der Waals surface area contributed by atoms with Crippen LogP contribution in [0.3, 0.4) is 0 Å². The van der Waals surface area contributed by atoms with E-state index in [2.05, 4.69) is 0 Å². The van der Waals surface area contributed by atoms with Crippen LogP contribution < -0.4 is 5.73 Å². The van der Waals surface area contributed by atoms with E-state index in [0.717, 1.165) is 5.56 Å². The van der Waals surface area contributed by atoms with Crippen LogP contribution in [0.4, 0.5) is 4.39 Å². The maximum Gasteiger partial charge on any atom is 0.123 e. The summed E-state index contributed by atoms with van der Waals surface area (Å²) in [6.45, 7) is 0.379. The molecule has 1 aromatic rings. The van der Waals surface area contributed by atoms with Crippen molar-refractivity contribution >= 4 is 0 Å². The number of aliphatic hydroxyl groups is 1. The van der Waals surface area contributed by atoms with Gasteiger partial charge in [-0.25, -0.2) is 4.39 Å². The molecule has 0 aliphatic carbocycles. The van der Waals surface area contributed by atoms with Gasteiger partial charge < -0.3 is 10.8 Å². The third-order valence-corrected chi connectivity index (χ3v) is 1.85. The lowest BCUT2D eigenvalue weighted by molar-refractivity contribution is 0.268. The van der Waals surface area contributed by atoms with Crippen LogP contribution >= 0.6 is 0 Å². The molecule has 0 amide bonds. The molecule has 1 aromatic carbocycles. The third-order valence-electron chi connectivity index (χ3n) is 1.85. The van der Waals surface area contributed by atoms with E-state index >= 15 is 0 Å². The Kier molecular flexibility index (Phi) is 3.19. The van der Waals surface area contributed by atoms with Crippen molar-refractivity contribution in [1.82, 2.24) is 0 Å². The number of halogens is 1. The predicted octanol–water partition coefficient (Wildman–Crippen LogP) is 0.860. The fourth-order valence-electron chi connectivity index (χ4n) is 1.05. The summed E-state index contributed by atoms with van der Waals surface area (Å²) in [5.41, 5.74) is 6.28. The molecule has 0 heterocycles. The van der Waals surface area contributed by atoms with Crippen molar-refractivity contribution in [2.75, 3.05) is 13.2 Å². The molecule has 1 atom stereocenters. The largest absolute Gasteiger partial charge is 0.396 e. The number of hydrogen-bond acceptors (Lipinski definition) is 2. The molecule has 0 spiro atoms. The summed E-state index contributed by atoms with van der Waals surface area (Å²) in [7, 11) is 0. The number of aliphatic hydroxyl groups excluding tert-OH is 1. The first-order valence-electron chi connectivity index (χ1n) is 3.84. The zero-order chi connectivity index (χ0) is 8.97. The maximum atomic E-state index is 12.5. The summed E-state index contributed by atoms with van der Waals surface area (Å²) in [5.74, 6) is -0.349. The zero-order valence-electron chi connectivity index (χ0n) is 6.70. The molecule has 3 N–H and O–H groups in total. The molecule has 0 radical (unpaired) electrons. The molecule has 1 unspecified atom stereocenters. The molecule has 3 heteroatoms. The van der Waals surface area contributed by atoms with Crippen molar-refractivity contribution in [2.24, 2.45) is 5.73 Å². The minimum Gasteiger partial charge on any atom is -0.396 e. The van der Waals surface area contributed by atoms with Gasteiger partial charge in [-0.2, -0.15) is 0 Å². The number of nitrogens with two attached hydrogens (primary N) is 1. The van der Waals surface area contributed by atoms with Gasteiger partial charge in [0.05, 0.1) is 6.61 Å². The van der Waals surface area contributed by atoms with Gasteiger partial charge in [-0.15, -0.1) is 0 Å². The van der Waals surface area contributed by atoms with Crippen LogP contribution in [0, 0.1) is 5.82 Å². The smallest absolute Gasteiger partial charge is 0.123 e. The molecular weight excluding hydrogens is 157 g/mol. The molecule has 1 rings (SSSR count). The molecule has 0 saturated heterocycles. The Balaban J connectivity index is 2.80. The Morgan fingerprint density at radius 2 is 1.92 bits per heavy atom. The topological polar surface area (TPSA) is 46.2 Å². The van der Waals surface area contributed by atoms with E-state index in [1.54, 1.807) is 12.1 Å². The highest BCUT2D eigenvalue weighted by atomic mass is 19.1. The summed E-state index contributed by atoms with van der Waals surface area (Å²) in [4.78, 5) is 0. The quantitative estimate of drug-likeness (QED) is 0.705. The molecule has 0 saturated carbocycles. The van der Waals surface area contributed by atoms with Crippen LogP contribution in [0.25, 0.3) is 0 Å². The van der Waals surface area contributed by atoms with Crippen LogP contribution in [0.5, 0.6) is 0 Å². The van der Waals surface area contributed by atoms with Crippen LogP contribution in [0.1, 0.15) is 11.5 Å². The van der Waals surface area contributed by atoms with Gasteiger partial charge in [-0.05, 0) is 17.7 Å². The second-order valence-electron chi connectivity index (χ2n) is 2.67. The van der Waals surface area contributed by atoms with Crippen molar-refractivity contribution in [3.8, 4) is 0 Å². The molecule has 0 aliphatic rings. The first kappa shape index (κ1) is 9.16. The van der Waals surface area contributed by atoms with E-state index < -0.39 is 0 Å². The fraction of sp³-hybridized carbons (Fsp3) is 0.333. The van der Waals surface area contributed by atoms with Crippen molar-refractivity contribution in [3.63, 3.8) is 0 Å². The molecule has 0 bridgehead atoms. The minimum absolute atomic E-state index is 0.00212. The van der Waals surface area contributed by atoms with Gasteiger partial charge in [0.2, 0.25) is 0 Å². The highest BCUT2D eigenvalue weighted by Crippen LogP contribution is 2.13. The van der Waals surface area contributed by atoms with Gasteiger partial charge in [0.1, 0.15) is 5.82 Å². The average Bonchev–Trinajstić information content (AvgIpc) is 2.10. The van der Waals surface area contributed by atoms with Crippen LogP contribution in [0.15, 0.2) is 24.3 Å².